The fourth-order valence-electron chi connectivity index (χ4n) is 0.772. The Hall–Kier alpha value is -1.78. The quantitative estimate of drug-likeness (QED) is 0.549. The Morgan fingerprint density at radius 2 is 2.45 bits per heavy atom. The van der Waals surface area contributed by atoms with Gasteiger partial charge in [0.2, 0.25) is 0 Å². The van der Waals surface area contributed by atoms with Crippen molar-refractivity contribution in [3.8, 4) is 0 Å². The van der Waals surface area contributed by atoms with E-state index in [0.717, 1.165) is 0 Å². The van der Waals surface area contributed by atoms with E-state index in [1.807, 2.05) is 0 Å². The zero-order valence-electron chi connectivity index (χ0n) is 5.43. The van der Waals surface area contributed by atoms with Crippen molar-refractivity contribution in [3.05, 3.63) is 24.3 Å². The molecule has 0 amide bonds. The van der Waals surface area contributed by atoms with Gasteiger partial charge < -0.3 is 0 Å². The highest BCUT2D eigenvalue weighted by molar-refractivity contribution is 5.72. The minimum atomic E-state index is 0.241. The van der Waals surface area contributed by atoms with Gasteiger partial charge in [0.1, 0.15) is 12.0 Å². The SMILES string of the molecule is O=[C]c1ccn2ncnc2n1. The molecule has 0 saturated carbocycles. The zero-order valence-corrected chi connectivity index (χ0v) is 5.43. The lowest BCUT2D eigenvalue weighted by Crippen LogP contribution is -1.93. The van der Waals surface area contributed by atoms with Crippen molar-refractivity contribution in [2.75, 3.05) is 0 Å². The van der Waals surface area contributed by atoms with Gasteiger partial charge in [-0.05, 0) is 6.07 Å². The van der Waals surface area contributed by atoms with Crippen LogP contribution in [0.1, 0.15) is 5.69 Å². The standard InChI is InChI=1S/C6H3N4O/c11-3-5-1-2-10-6(9-5)7-4-8-10/h1-2,4H. The van der Waals surface area contributed by atoms with Crippen molar-refractivity contribution in [1.82, 2.24) is 19.6 Å². The van der Waals surface area contributed by atoms with Crippen LogP contribution in [-0.2, 0) is 4.79 Å². The molecule has 0 unspecified atom stereocenters. The topological polar surface area (TPSA) is 60.2 Å². The van der Waals surface area contributed by atoms with Crippen LogP contribution in [-0.4, -0.2) is 25.9 Å². The maximum atomic E-state index is 10.1. The van der Waals surface area contributed by atoms with E-state index in [2.05, 4.69) is 15.1 Å². The predicted molar refractivity (Wildman–Crippen MR) is 35.6 cm³/mol. The molecule has 2 heterocycles. The lowest BCUT2D eigenvalue weighted by Gasteiger charge is -1.88. The lowest BCUT2D eigenvalue weighted by atomic mass is 10.4. The number of nitrogens with zero attached hydrogens (tertiary/aromatic N) is 4. The summed E-state index contributed by atoms with van der Waals surface area (Å²) in [6.45, 7) is 0. The van der Waals surface area contributed by atoms with Crippen molar-refractivity contribution >= 4 is 12.1 Å². The zero-order chi connectivity index (χ0) is 7.68. The summed E-state index contributed by atoms with van der Waals surface area (Å²) in [5.74, 6) is 0.408. The molecule has 0 atom stereocenters. The van der Waals surface area contributed by atoms with E-state index in [1.165, 1.54) is 16.9 Å². The van der Waals surface area contributed by atoms with Crippen LogP contribution >= 0.6 is 0 Å². The molecule has 0 bridgehead atoms. The molecule has 0 aliphatic rings. The van der Waals surface area contributed by atoms with E-state index in [1.54, 1.807) is 12.5 Å². The molecule has 0 aliphatic heterocycles. The van der Waals surface area contributed by atoms with Gasteiger partial charge in [0.15, 0.2) is 0 Å². The Bertz CT molecular complexity index is 394. The number of rotatable bonds is 1. The highest BCUT2D eigenvalue weighted by Crippen LogP contribution is 1.93. The van der Waals surface area contributed by atoms with Gasteiger partial charge in [-0.15, -0.1) is 0 Å². The third-order valence-electron chi connectivity index (χ3n) is 1.25. The second kappa shape index (κ2) is 2.12. The summed E-state index contributed by atoms with van der Waals surface area (Å²) in [5, 5.41) is 3.81. The van der Waals surface area contributed by atoms with Gasteiger partial charge >= 0.3 is 0 Å². The summed E-state index contributed by atoms with van der Waals surface area (Å²) in [6.07, 6.45) is 4.65. The second-order valence-electron chi connectivity index (χ2n) is 1.92. The second-order valence-corrected chi connectivity index (χ2v) is 1.92. The maximum absolute atomic E-state index is 10.1. The number of aromatic nitrogens is 4. The van der Waals surface area contributed by atoms with Crippen LogP contribution < -0.4 is 0 Å². The highest BCUT2D eigenvalue weighted by Gasteiger charge is 1.97. The third-order valence-corrected chi connectivity index (χ3v) is 1.25. The molecule has 5 heteroatoms. The van der Waals surface area contributed by atoms with Crippen LogP contribution in [0.15, 0.2) is 18.6 Å². The summed E-state index contributed by atoms with van der Waals surface area (Å²) in [6, 6.07) is 1.52. The first-order chi connectivity index (χ1) is 5.40. The Labute approximate surface area is 61.7 Å². The Kier molecular flexibility index (Phi) is 1.15. The predicted octanol–water partition coefficient (Wildman–Crippen LogP) is -0.418. The van der Waals surface area contributed by atoms with E-state index in [0.29, 0.717) is 5.78 Å². The molecule has 0 aromatic carbocycles. The number of hydrogen-bond acceptors (Lipinski definition) is 4. The highest BCUT2D eigenvalue weighted by atomic mass is 16.1. The van der Waals surface area contributed by atoms with Crippen molar-refractivity contribution in [2.24, 2.45) is 0 Å². The first-order valence-corrected chi connectivity index (χ1v) is 2.95. The molecule has 1 radical (unpaired) electrons. The lowest BCUT2D eigenvalue weighted by molar-refractivity contribution is 0.561. The van der Waals surface area contributed by atoms with E-state index >= 15 is 0 Å². The Morgan fingerprint density at radius 1 is 1.55 bits per heavy atom. The number of carbonyl (C=O) groups excluding carboxylic acids is 1. The van der Waals surface area contributed by atoms with Gasteiger partial charge in [0.25, 0.3) is 12.1 Å². The maximum Gasteiger partial charge on any atom is 0.253 e. The van der Waals surface area contributed by atoms with Crippen LogP contribution in [0.5, 0.6) is 0 Å². The van der Waals surface area contributed by atoms with Gasteiger partial charge in [-0.1, -0.05) is 0 Å². The molecule has 2 rings (SSSR count). The van der Waals surface area contributed by atoms with Gasteiger partial charge in [0.05, 0.1) is 0 Å². The molecule has 0 aliphatic carbocycles. The van der Waals surface area contributed by atoms with E-state index in [-0.39, 0.29) is 5.69 Å². The molecule has 2 aromatic heterocycles. The third kappa shape index (κ3) is 0.861. The summed E-state index contributed by atoms with van der Waals surface area (Å²) in [7, 11) is 0. The first kappa shape index (κ1) is 5.96. The van der Waals surface area contributed by atoms with E-state index in [4.69, 9.17) is 0 Å². The van der Waals surface area contributed by atoms with Crippen LogP contribution in [0.2, 0.25) is 0 Å². The molecular formula is C6H3N4O. The summed E-state index contributed by atoms with van der Waals surface area (Å²) in [4.78, 5) is 17.7. The van der Waals surface area contributed by atoms with Crippen LogP contribution in [0.3, 0.4) is 0 Å². The molecule has 2 aromatic rings. The van der Waals surface area contributed by atoms with Gasteiger partial charge in [0, 0.05) is 6.20 Å². The summed E-state index contributed by atoms with van der Waals surface area (Å²) in [5.41, 5.74) is 0.241. The Morgan fingerprint density at radius 3 is 3.27 bits per heavy atom. The largest absolute Gasteiger partial charge is 0.283 e. The molecular weight excluding hydrogens is 144 g/mol. The minimum absolute atomic E-state index is 0.241. The van der Waals surface area contributed by atoms with Gasteiger partial charge in [-0.2, -0.15) is 10.1 Å². The molecule has 0 N–H and O–H groups in total. The van der Waals surface area contributed by atoms with Crippen molar-refractivity contribution < 1.29 is 4.79 Å². The molecule has 5 nitrogen and oxygen atoms in total. The summed E-state index contributed by atoms with van der Waals surface area (Å²) < 4.78 is 1.47. The van der Waals surface area contributed by atoms with Crippen molar-refractivity contribution in [3.63, 3.8) is 0 Å². The van der Waals surface area contributed by atoms with Gasteiger partial charge in [-0.25, -0.2) is 9.50 Å². The normalized spacial score (nSPS) is 10.2. The van der Waals surface area contributed by atoms with Crippen molar-refractivity contribution in [2.45, 2.75) is 0 Å². The van der Waals surface area contributed by atoms with E-state index < -0.39 is 0 Å². The molecule has 0 fully saturated rings. The average molecular weight is 147 g/mol. The minimum Gasteiger partial charge on any atom is -0.283 e. The number of hydrogen-bond donors (Lipinski definition) is 0. The smallest absolute Gasteiger partial charge is 0.253 e. The fourth-order valence-corrected chi connectivity index (χ4v) is 0.772. The fraction of sp³-hybridized carbons (Fsp3) is 0. The monoisotopic (exact) mass is 147 g/mol. The van der Waals surface area contributed by atoms with Crippen molar-refractivity contribution in [1.29, 1.82) is 0 Å². The molecule has 53 valence electrons. The first-order valence-electron chi connectivity index (χ1n) is 2.95. The molecule has 0 spiro atoms. The molecule has 11 heavy (non-hydrogen) atoms. The van der Waals surface area contributed by atoms with Gasteiger partial charge in [-0.3, -0.25) is 4.79 Å². The van der Waals surface area contributed by atoms with Crippen LogP contribution in [0, 0.1) is 0 Å². The number of fused-ring (bicyclic) bond motifs is 1. The van der Waals surface area contributed by atoms with Crippen LogP contribution in [0.4, 0.5) is 0 Å². The molecule has 0 saturated heterocycles. The Balaban J connectivity index is 2.76. The average Bonchev–Trinajstić information content (AvgIpc) is 2.50. The van der Waals surface area contributed by atoms with E-state index in [9.17, 15) is 4.79 Å². The van der Waals surface area contributed by atoms with Crippen LogP contribution in [0.25, 0.3) is 5.78 Å². The summed E-state index contributed by atoms with van der Waals surface area (Å²) >= 11 is 0.